The molecule has 0 aliphatic heterocycles. The van der Waals surface area contributed by atoms with Crippen LogP contribution in [0.1, 0.15) is 10.5 Å². The third-order valence-corrected chi connectivity index (χ3v) is 3.17. The van der Waals surface area contributed by atoms with Crippen molar-refractivity contribution in [2.24, 2.45) is 0 Å². The smallest absolute Gasteiger partial charge is 0.358 e. The number of hydrogen-bond donors (Lipinski definition) is 1. The Morgan fingerprint density at radius 2 is 2.22 bits per heavy atom. The number of carboxylic acid groups (broad SMARTS) is 1. The fraction of sp³-hybridized carbons (Fsp3) is 0.167. The number of aromatic carboxylic acids is 1. The predicted octanol–water partition coefficient (Wildman–Crippen LogP) is 2.77. The molecular weight excluding hydrogens is 254 g/mol. The quantitative estimate of drug-likeness (QED) is 0.857. The minimum absolute atomic E-state index is 0.113. The van der Waals surface area contributed by atoms with Gasteiger partial charge in [0.2, 0.25) is 0 Å². The van der Waals surface area contributed by atoms with E-state index in [4.69, 9.17) is 14.4 Å². The first-order chi connectivity index (χ1) is 8.65. The average molecular weight is 265 g/mol. The fourth-order valence-electron chi connectivity index (χ4n) is 1.50. The van der Waals surface area contributed by atoms with Crippen LogP contribution in [0.15, 0.2) is 33.7 Å². The van der Waals surface area contributed by atoms with Crippen molar-refractivity contribution in [1.82, 2.24) is 5.16 Å². The van der Waals surface area contributed by atoms with Crippen LogP contribution in [0.2, 0.25) is 0 Å². The van der Waals surface area contributed by atoms with E-state index in [1.807, 2.05) is 18.4 Å². The topological polar surface area (TPSA) is 72.6 Å². The van der Waals surface area contributed by atoms with E-state index in [2.05, 4.69) is 5.16 Å². The Morgan fingerprint density at radius 3 is 2.78 bits per heavy atom. The van der Waals surface area contributed by atoms with Gasteiger partial charge in [0.05, 0.1) is 7.11 Å². The molecule has 0 aliphatic rings. The summed E-state index contributed by atoms with van der Waals surface area (Å²) in [5.41, 5.74) is 0.613. The zero-order valence-electron chi connectivity index (χ0n) is 9.84. The lowest BCUT2D eigenvalue weighted by molar-refractivity contribution is 0.0686. The highest BCUT2D eigenvalue weighted by atomic mass is 32.2. The highest BCUT2D eigenvalue weighted by molar-refractivity contribution is 7.98. The molecule has 6 heteroatoms. The molecule has 0 radical (unpaired) electrons. The molecule has 0 unspecified atom stereocenters. The lowest BCUT2D eigenvalue weighted by Crippen LogP contribution is -1.94. The molecule has 0 bridgehead atoms. The average Bonchev–Trinajstić information content (AvgIpc) is 2.87. The maximum atomic E-state index is 10.7. The summed E-state index contributed by atoms with van der Waals surface area (Å²) < 4.78 is 10.2. The van der Waals surface area contributed by atoms with Gasteiger partial charge in [0.15, 0.2) is 11.5 Å². The molecule has 2 rings (SSSR count). The third kappa shape index (κ3) is 2.33. The Morgan fingerprint density at radius 1 is 1.44 bits per heavy atom. The van der Waals surface area contributed by atoms with Crippen molar-refractivity contribution < 1.29 is 19.2 Å². The summed E-state index contributed by atoms with van der Waals surface area (Å²) in [4.78, 5) is 11.7. The van der Waals surface area contributed by atoms with Crippen LogP contribution in [-0.4, -0.2) is 29.6 Å². The zero-order chi connectivity index (χ0) is 13.1. The molecule has 0 saturated carbocycles. The molecule has 0 amide bonds. The van der Waals surface area contributed by atoms with Crippen LogP contribution in [0.5, 0.6) is 5.75 Å². The van der Waals surface area contributed by atoms with Crippen molar-refractivity contribution >= 4 is 17.7 Å². The first-order valence-corrected chi connectivity index (χ1v) is 6.30. The molecule has 1 heterocycles. The Balaban J connectivity index is 2.41. The van der Waals surface area contributed by atoms with Gasteiger partial charge in [-0.2, -0.15) is 0 Å². The summed E-state index contributed by atoms with van der Waals surface area (Å²) in [6.07, 6.45) is 1.95. The Kier molecular flexibility index (Phi) is 3.57. The monoisotopic (exact) mass is 265 g/mol. The molecule has 1 aromatic heterocycles. The number of carboxylic acids is 1. The second-order valence-electron chi connectivity index (χ2n) is 3.45. The van der Waals surface area contributed by atoms with Crippen molar-refractivity contribution in [2.45, 2.75) is 4.90 Å². The van der Waals surface area contributed by atoms with Crippen LogP contribution in [0, 0.1) is 0 Å². The summed E-state index contributed by atoms with van der Waals surface area (Å²) in [5, 5.41) is 12.2. The highest BCUT2D eigenvalue weighted by Gasteiger charge is 2.13. The highest BCUT2D eigenvalue weighted by Crippen LogP contribution is 2.32. The lowest BCUT2D eigenvalue weighted by atomic mass is 10.1. The minimum atomic E-state index is -1.11. The van der Waals surface area contributed by atoms with Gasteiger partial charge >= 0.3 is 5.97 Å². The van der Waals surface area contributed by atoms with E-state index < -0.39 is 5.97 Å². The van der Waals surface area contributed by atoms with Gasteiger partial charge in [-0.3, -0.25) is 0 Å². The molecule has 2 aromatic rings. The van der Waals surface area contributed by atoms with Crippen LogP contribution in [0.3, 0.4) is 0 Å². The van der Waals surface area contributed by atoms with Crippen LogP contribution in [-0.2, 0) is 0 Å². The largest absolute Gasteiger partial charge is 0.496 e. The molecule has 1 aromatic carbocycles. The van der Waals surface area contributed by atoms with Crippen LogP contribution >= 0.6 is 11.8 Å². The third-order valence-electron chi connectivity index (χ3n) is 2.40. The molecule has 0 fully saturated rings. The van der Waals surface area contributed by atoms with E-state index >= 15 is 0 Å². The van der Waals surface area contributed by atoms with Gasteiger partial charge in [-0.15, -0.1) is 11.8 Å². The number of thioether (sulfide) groups is 1. The first-order valence-electron chi connectivity index (χ1n) is 5.08. The number of nitrogens with zero attached hydrogens (tertiary/aromatic N) is 1. The van der Waals surface area contributed by atoms with Crippen molar-refractivity contribution in [3.05, 3.63) is 30.0 Å². The predicted molar refractivity (Wildman–Crippen MR) is 67.2 cm³/mol. The molecule has 18 heavy (non-hydrogen) atoms. The van der Waals surface area contributed by atoms with E-state index in [9.17, 15) is 4.79 Å². The van der Waals surface area contributed by atoms with Gasteiger partial charge in [-0.25, -0.2) is 4.79 Å². The Hall–Kier alpha value is -1.95. The van der Waals surface area contributed by atoms with E-state index in [-0.39, 0.29) is 5.69 Å². The van der Waals surface area contributed by atoms with Gasteiger partial charge in [0, 0.05) is 16.5 Å². The number of methoxy groups -OCH3 is 1. The maximum absolute atomic E-state index is 10.7. The lowest BCUT2D eigenvalue weighted by Gasteiger charge is -2.06. The van der Waals surface area contributed by atoms with E-state index in [1.54, 1.807) is 24.9 Å². The van der Waals surface area contributed by atoms with Gasteiger partial charge in [-0.05, 0) is 24.5 Å². The van der Waals surface area contributed by atoms with Crippen LogP contribution < -0.4 is 4.74 Å². The number of ether oxygens (including phenoxy) is 1. The summed E-state index contributed by atoms with van der Waals surface area (Å²) in [6, 6.07) is 6.90. The molecule has 0 spiro atoms. The van der Waals surface area contributed by atoms with Gasteiger partial charge in [0.1, 0.15) is 5.75 Å². The normalized spacial score (nSPS) is 10.3. The van der Waals surface area contributed by atoms with Crippen molar-refractivity contribution in [2.75, 3.05) is 13.4 Å². The van der Waals surface area contributed by atoms with Crippen molar-refractivity contribution in [1.29, 1.82) is 0 Å². The van der Waals surface area contributed by atoms with E-state index in [0.29, 0.717) is 11.5 Å². The standard InChI is InChI=1S/C12H11NO4S/c1-16-10-5-7(3-4-11(10)18-2)9-6-8(12(14)15)13-17-9/h3-6H,1-2H3,(H,14,15). The molecule has 1 N–H and O–H groups in total. The van der Waals surface area contributed by atoms with Crippen molar-refractivity contribution in [3.8, 4) is 17.1 Å². The first kappa shape index (κ1) is 12.5. The summed E-state index contributed by atoms with van der Waals surface area (Å²) in [5.74, 6) is 0.00401. The van der Waals surface area contributed by atoms with E-state index in [1.165, 1.54) is 6.07 Å². The maximum Gasteiger partial charge on any atom is 0.358 e. The number of carbonyl (C=O) groups is 1. The fourth-order valence-corrected chi connectivity index (χ4v) is 2.05. The number of benzene rings is 1. The second kappa shape index (κ2) is 5.14. The number of rotatable bonds is 4. The molecule has 5 nitrogen and oxygen atoms in total. The molecule has 0 aliphatic carbocycles. The number of hydrogen-bond acceptors (Lipinski definition) is 5. The van der Waals surface area contributed by atoms with Gasteiger partial charge < -0.3 is 14.4 Å². The Bertz CT molecular complexity index is 579. The Labute approximate surface area is 108 Å². The SMILES string of the molecule is COc1cc(-c2cc(C(=O)O)no2)ccc1SC. The zero-order valence-corrected chi connectivity index (χ0v) is 10.7. The molecule has 94 valence electrons. The molecule has 0 saturated heterocycles. The van der Waals surface area contributed by atoms with Gasteiger partial charge in [-0.1, -0.05) is 5.16 Å². The van der Waals surface area contributed by atoms with Gasteiger partial charge in [0.25, 0.3) is 0 Å². The second-order valence-corrected chi connectivity index (χ2v) is 4.30. The summed E-state index contributed by atoms with van der Waals surface area (Å²) in [7, 11) is 1.59. The minimum Gasteiger partial charge on any atom is -0.496 e. The van der Waals surface area contributed by atoms with Crippen molar-refractivity contribution in [3.63, 3.8) is 0 Å². The molecular formula is C12H11NO4S. The number of aromatic nitrogens is 1. The molecule has 0 atom stereocenters. The summed E-state index contributed by atoms with van der Waals surface area (Å²) >= 11 is 1.57. The summed E-state index contributed by atoms with van der Waals surface area (Å²) in [6.45, 7) is 0. The van der Waals surface area contributed by atoms with E-state index in [0.717, 1.165) is 10.5 Å². The van der Waals surface area contributed by atoms with Crippen LogP contribution in [0.4, 0.5) is 0 Å². The van der Waals surface area contributed by atoms with Crippen LogP contribution in [0.25, 0.3) is 11.3 Å².